The van der Waals surface area contributed by atoms with E-state index in [-0.39, 0.29) is 13.0 Å². The van der Waals surface area contributed by atoms with Crippen LogP contribution in [-0.4, -0.2) is 52.2 Å². The molecule has 2 atom stereocenters. The van der Waals surface area contributed by atoms with Crippen LogP contribution < -0.4 is 15.8 Å². The molecule has 0 heterocycles. The minimum atomic E-state index is -2.53. The Hall–Kier alpha value is -4.70. The Labute approximate surface area is 220 Å². The van der Waals surface area contributed by atoms with Gasteiger partial charge in [0.25, 0.3) is 5.91 Å². The van der Waals surface area contributed by atoms with Gasteiger partial charge in [-0.2, -0.15) is 0 Å². The molecule has 38 heavy (non-hydrogen) atoms. The lowest BCUT2D eigenvalue weighted by Gasteiger charge is -2.36. The van der Waals surface area contributed by atoms with Gasteiger partial charge in [0.1, 0.15) is 12.4 Å². The molecule has 0 bridgehead atoms. The van der Waals surface area contributed by atoms with Crippen LogP contribution in [0.25, 0.3) is 0 Å². The van der Waals surface area contributed by atoms with Gasteiger partial charge in [0, 0.05) is 0 Å². The van der Waals surface area contributed by atoms with Gasteiger partial charge in [0.2, 0.25) is 11.6 Å². The van der Waals surface area contributed by atoms with E-state index in [1.54, 1.807) is 91.0 Å². The maximum absolute atomic E-state index is 13.2. The van der Waals surface area contributed by atoms with Crippen molar-refractivity contribution in [3.63, 3.8) is 0 Å². The number of para-hydroxylation sites is 1. The van der Waals surface area contributed by atoms with E-state index in [2.05, 4.69) is 5.32 Å². The quantitative estimate of drug-likeness (QED) is 0.328. The first-order valence-electron chi connectivity index (χ1n) is 11.8. The molecule has 3 aromatic carbocycles. The monoisotopic (exact) mass is 519 g/mol. The molecule has 3 aromatic rings. The van der Waals surface area contributed by atoms with Crippen LogP contribution in [0.15, 0.2) is 91.0 Å². The molecular formula is C28H29N3O7. The largest absolute Gasteiger partial charge is 0.484 e. The third kappa shape index (κ3) is 7.40. The van der Waals surface area contributed by atoms with Gasteiger partial charge >= 0.3 is 12.1 Å². The Morgan fingerprint density at radius 2 is 1.42 bits per heavy atom. The Kier molecular flexibility index (Phi) is 9.55. The first-order chi connectivity index (χ1) is 18.2. The van der Waals surface area contributed by atoms with Crippen molar-refractivity contribution in [3.8, 4) is 5.75 Å². The van der Waals surface area contributed by atoms with Crippen molar-refractivity contribution in [1.29, 1.82) is 0 Å². The lowest BCUT2D eigenvalue weighted by atomic mass is 10.0. The number of nitrogens with zero attached hydrogens (tertiary/aromatic N) is 1. The van der Waals surface area contributed by atoms with E-state index < -0.39 is 42.2 Å². The molecule has 0 aliphatic carbocycles. The van der Waals surface area contributed by atoms with E-state index in [9.17, 15) is 24.3 Å². The van der Waals surface area contributed by atoms with E-state index >= 15 is 0 Å². The fraction of sp³-hybridized carbons (Fsp3) is 0.214. The fourth-order valence-corrected chi connectivity index (χ4v) is 3.54. The van der Waals surface area contributed by atoms with Crippen LogP contribution in [0.4, 0.5) is 4.79 Å². The predicted octanol–water partition coefficient (Wildman–Crippen LogP) is 2.72. The topological polar surface area (TPSA) is 148 Å². The number of hydrogen-bond acceptors (Lipinski definition) is 7. The number of hydrogen-bond donors (Lipinski definition) is 3. The van der Waals surface area contributed by atoms with Gasteiger partial charge in [-0.25, -0.2) is 14.5 Å². The number of aliphatic carboxylic acids is 1. The van der Waals surface area contributed by atoms with Gasteiger partial charge in [-0.15, -0.1) is 0 Å². The smallest absolute Gasteiger partial charge is 0.419 e. The summed E-state index contributed by atoms with van der Waals surface area (Å²) in [6.07, 6.45) is -1.18. The van der Waals surface area contributed by atoms with Crippen LogP contribution >= 0.6 is 0 Å². The molecule has 0 radical (unpaired) electrons. The highest BCUT2D eigenvalue weighted by molar-refractivity contribution is 6.01. The molecule has 10 heteroatoms. The van der Waals surface area contributed by atoms with Crippen LogP contribution in [0.5, 0.6) is 5.75 Å². The summed E-state index contributed by atoms with van der Waals surface area (Å²) in [5, 5.41) is 12.3. The highest BCUT2D eigenvalue weighted by atomic mass is 16.6. The van der Waals surface area contributed by atoms with Gasteiger partial charge in [0.15, 0.2) is 6.61 Å². The van der Waals surface area contributed by atoms with Crippen molar-refractivity contribution in [3.05, 3.63) is 102 Å². The van der Waals surface area contributed by atoms with Crippen molar-refractivity contribution >= 4 is 23.9 Å². The molecule has 0 unspecified atom stereocenters. The summed E-state index contributed by atoms with van der Waals surface area (Å²) in [5.74, 6) is -3.28. The van der Waals surface area contributed by atoms with Crippen molar-refractivity contribution < 1.29 is 33.8 Å². The average molecular weight is 520 g/mol. The minimum absolute atomic E-state index is 0.103. The number of amides is 3. The van der Waals surface area contributed by atoms with Crippen molar-refractivity contribution in [2.75, 3.05) is 6.61 Å². The van der Waals surface area contributed by atoms with E-state index in [0.29, 0.717) is 16.2 Å². The number of benzene rings is 3. The molecule has 4 N–H and O–H groups in total. The van der Waals surface area contributed by atoms with Crippen molar-refractivity contribution in [2.24, 2.45) is 5.73 Å². The maximum atomic E-state index is 13.2. The third-order valence-electron chi connectivity index (χ3n) is 5.61. The number of carbonyl (C=O) groups is 4. The van der Waals surface area contributed by atoms with E-state index in [0.717, 1.165) is 12.5 Å². The van der Waals surface area contributed by atoms with Gasteiger partial charge in [-0.3, -0.25) is 9.59 Å². The molecule has 0 spiro atoms. The van der Waals surface area contributed by atoms with Crippen LogP contribution in [0, 0.1) is 0 Å². The number of imide groups is 1. The second kappa shape index (κ2) is 13.0. The summed E-state index contributed by atoms with van der Waals surface area (Å²) in [6.45, 7) is 0.0755. The number of nitrogens with one attached hydrogen (secondary N) is 1. The molecule has 0 saturated carbocycles. The highest BCUT2D eigenvalue weighted by Gasteiger charge is 2.49. The lowest BCUT2D eigenvalue weighted by Crippen LogP contribution is -2.69. The Bertz CT molecular complexity index is 1180. The first kappa shape index (κ1) is 27.9. The summed E-state index contributed by atoms with van der Waals surface area (Å²) >= 11 is 0. The second-order valence-corrected chi connectivity index (χ2v) is 8.53. The molecular weight excluding hydrogens is 490 g/mol. The minimum Gasteiger partial charge on any atom is -0.484 e. The second-order valence-electron chi connectivity index (χ2n) is 8.53. The van der Waals surface area contributed by atoms with Crippen molar-refractivity contribution in [2.45, 2.75) is 31.7 Å². The Balaban J connectivity index is 1.83. The average Bonchev–Trinajstić information content (AvgIpc) is 2.92. The number of nitrogens with two attached hydrogens (primary N) is 1. The molecule has 3 rings (SSSR count). The highest BCUT2D eigenvalue weighted by Crippen LogP contribution is 2.18. The summed E-state index contributed by atoms with van der Waals surface area (Å²) in [5.41, 5.74) is 4.86. The summed E-state index contributed by atoms with van der Waals surface area (Å²) in [4.78, 5) is 52.1. The SMILES string of the molecule is C[C@@](NC(=O)[C@@H](N)Cc1ccccc1)(C(=O)O)N(C(=O)COc1ccccc1)C(=O)OCc1ccccc1. The summed E-state index contributed by atoms with van der Waals surface area (Å²) in [7, 11) is 0. The van der Waals surface area contributed by atoms with Gasteiger partial charge in [0.05, 0.1) is 6.04 Å². The fourth-order valence-electron chi connectivity index (χ4n) is 3.54. The standard InChI is InChI=1S/C28H29N3O7/c1-28(26(34)35,30-25(33)23(29)17-20-11-5-2-6-12-20)31(24(32)19-37-22-15-9-4-10-16-22)27(36)38-18-21-13-7-3-8-14-21/h2-16,23H,17-19,29H2,1H3,(H,30,33)(H,34,35)/t23-,28-/m0/s1. The van der Waals surface area contributed by atoms with Gasteiger partial charge in [-0.1, -0.05) is 78.9 Å². The normalized spacial score (nSPS) is 12.9. The van der Waals surface area contributed by atoms with Gasteiger partial charge in [-0.05, 0) is 36.6 Å². The van der Waals surface area contributed by atoms with Crippen LogP contribution in [0.3, 0.4) is 0 Å². The molecule has 10 nitrogen and oxygen atoms in total. The summed E-state index contributed by atoms with van der Waals surface area (Å²) in [6, 6.07) is 24.6. The molecule has 198 valence electrons. The van der Waals surface area contributed by atoms with Crippen molar-refractivity contribution in [1.82, 2.24) is 10.2 Å². The predicted molar refractivity (Wildman–Crippen MR) is 138 cm³/mol. The number of carbonyl (C=O) groups excluding carboxylic acids is 3. The number of carboxylic acids is 1. The van der Waals surface area contributed by atoms with E-state index in [4.69, 9.17) is 15.2 Å². The maximum Gasteiger partial charge on any atom is 0.419 e. The summed E-state index contributed by atoms with van der Waals surface area (Å²) < 4.78 is 10.7. The van der Waals surface area contributed by atoms with Crippen LogP contribution in [0.1, 0.15) is 18.1 Å². The van der Waals surface area contributed by atoms with Crippen LogP contribution in [-0.2, 0) is 32.1 Å². The van der Waals surface area contributed by atoms with E-state index in [1.165, 1.54) is 0 Å². The zero-order chi connectivity index (χ0) is 27.5. The molecule has 0 aliphatic rings. The number of ether oxygens (including phenoxy) is 2. The van der Waals surface area contributed by atoms with Crippen LogP contribution in [0.2, 0.25) is 0 Å². The lowest BCUT2D eigenvalue weighted by molar-refractivity contribution is -0.161. The Morgan fingerprint density at radius 3 is 1.97 bits per heavy atom. The number of rotatable bonds is 11. The third-order valence-corrected chi connectivity index (χ3v) is 5.61. The molecule has 0 saturated heterocycles. The van der Waals surface area contributed by atoms with Gasteiger partial charge < -0.3 is 25.6 Å². The molecule has 0 aliphatic heterocycles. The molecule has 3 amide bonds. The number of carboxylic acid groups (broad SMARTS) is 1. The molecule has 0 aromatic heterocycles. The zero-order valence-electron chi connectivity index (χ0n) is 20.8. The first-order valence-corrected chi connectivity index (χ1v) is 11.8. The molecule has 0 fully saturated rings. The van der Waals surface area contributed by atoms with E-state index in [1.807, 2.05) is 0 Å². The Morgan fingerprint density at radius 1 is 0.895 bits per heavy atom. The zero-order valence-corrected chi connectivity index (χ0v) is 20.8.